The van der Waals surface area contributed by atoms with Gasteiger partial charge in [0, 0.05) is 24.1 Å². The van der Waals surface area contributed by atoms with Crippen molar-refractivity contribution in [3.05, 3.63) is 0 Å². The van der Waals surface area contributed by atoms with Crippen molar-refractivity contribution in [3.63, 3.8) is 0 Å². The van der Waals surface area contributed by atoms with Gasteiger partial charge in [0.15, 0.2) is 0 Å². The van der Waals surface area contributed by atoms with Crippen molar-refractivity contribution in [2.24, 2.45) is 11.3 Å². The first-order valence-electron chi connectivity index (χ1n) is 6.49. The fourth-order valence-corrected chi connectivity index (χ4v) is 2.82. The van der Waals surface area contributed by atoms with Gasteiger partial charge in [-0.2, -0.15) is 0 Å². The van der Waals surface area contributed by atoms with Crippen molar-refractivity contribution in [2.45, 2.75) is 65.1 Å². The molecule has 2 nitrogen and oxygen atoms in total. The van der Waals surface area contributed by atoms with Crippen molar-refractivity contribution in [1.82, 2.24) is 5.32 Å². The van der Waals surface area contributed by atoms with Gasteiger partial charge in [0.05, 0.1) is 6.10 Å². The predicted molar refractivity (Wildman–Crippen MR) is 62.9 cm³/mol. The zero-order valence-corrected chi connectivity index (χ0v) is 10.5. The van der Waals surface area contributed by atoms with Crippen molar-refractivity contribution in [1.29, 1.82) is 0 Å². The van der Waals surface area contributed by atoms with E-state index in [0.29, 0.717) is 17.6 Å². The standard InChI is InChI=1S/C13H25NO/c1-5-13(4)11(8-12(13)15-6-2)14-10-7-9(10)3/h9-12,14H,5-8H2,1-4H3. The molecule has 2 rings (SSSR count). The number of nitrogens with one attached hydrogen (secondary N) is 1. The molecule has 0 heterocycles. The Balaban J connectivity index is 1.86. The van der Waals surface area contributed by atoms with Gasteiger partial charge in [0.1, 0.15) is 0 Å². The van der Waals surface area contributed by atoms with E-state index in [4.69, 9.17) is 4.74 Å². The highest BCUT2D eigenvalue weighted by molar-refractivity contribution is 5.07. The van der Waals surface area contributed by atoms with Crippen LogP contribution in [0.1, 0.15) is 47.0 Å². The molecule has 0 aromatic carbocycles. The van der Waals surface area contributed by atoms with Crippen molar-refractivity contribution < 1.29 is 4.74 Å². The first-order valence-corrected chi connectivity index (χ1v) is 6.49. The van der Waals surface area contributed by atoms with E-state index in [0.717, 1.165) is 18.6 Å². The van der Waals surface area contributed by atoms with Gasteiger partial charge in [-0.1, -0.05) is 20.8 Å². The lowest BCUT2D eigenvalue weighted by molar-refractivity contribution is -0.126. The SMILES string of the molecule is CCOC1CC(NC2CC2C)C1(C)CC. The van der Waals surface area contributed by atoms with Crippen LogP contribution in [-0.2, 0) is 4.74 Å². The smallest absolute Gasteiger partial charge is 0.0658 e. The molecule has 0 bridgehead atoms. The third-order valence-corrected chi connectivity index (χ3v) is 4.64. The normalized spacial score (nSPS) is 48.8. The second kappa shape index (κ2) is 4.06. The molecule has 88 valence electrons. The second-order valence-electron chi connectivity index (χ2n) is 5.58. The van der Waals surface area contributed by atoms with Gasteiger partial charge in [-0.15, -0.1) is 0 Å². The Morgan fingerprint density at radius 2 is 2.00 bits per heavy atom. The Labute approximate surface area is 93.8 Å². The molecule has 1 N–H and O–H groups in total. The zero-order chi connectivity index (χ0) is 11.1. The van der Waals surface area contributed by atoms with Gasteiger partial charge in [0.2, 0.25) is 0 Å². The average Bonchev–Trinajstić information content (AvgIpc) is 2.92. The van der Waals surface area contributed by atoms with E-state index in [1.54, 1.807) is 0 Å². The van der Waals surface area contributed by atoms with Crippen LogP contribution in [-0.4, -0.2) is 24.8 Å². The predicted octanol–water partition coefficient (Wildman–Crippen LogP) is 2.58. The molecular weight excluding hydrogens is 186 g/mol. The summed E-state index contributed by atoms with van der Waals surface area (Å²) >= 11 is 0. The molecule has 5 unspecified atom stereocenters. The quantitative estimate of drug-likeness (QED) is 0.754. The van der Waals surface area contributed by atoms with Crippen LogP contribution in [0.15, 0.2) is 0 Å². The fraction of sp³-hybridized carbons (Fsp3) is 1.00. The van der Waals surface area contributed by atoms with Gasteiger partial charge in [-0.05, 0) is 32.1 Å². The molecule has 2 saturated carbocycles. The molecule has 0 aromatic rings. The topological polar surface area (TPSA) is 21.3 Å². The maximum absolute atomic E-state index is 5.80. The van der Waals surface area contributed by atoms with Gasteiger partial charge >= 0.3 is 0 Å². The number of hydrogen-bond acceptors (Lipinski definition) is 2. The highest BCUT2D eigenvalue weighted by atomic mass is 16.5. The molecule has 0 aliphatic heterocycles. The molecule has 0 saturated heterocycles. The fourth-order valence-electron chi connectivity index (χ4n) is 2.82. The Hall–Kier alpha value is -0.0800. The first kappa shape index (κ1) is 11.4. The van der Waals surface area contributed by atoms with Gasteiger partial charge in [-0.3, -0.25) is 0 Å². The van der Waals surface area contributed by atoms with Crippen LogP contribution in [0.5, 0.6) is 0 Å². The van der Waals surface area contributed by atoms with E-state index in [2.05, 4.69) is 33.0 Å². The maximum atomic E-state index is 5.80. The maximum Gasteiger partial charge on any atom is 0.0658 e. The molecule has 2 aliphatic carbocycles. The van der Waals surface area contributed by atoms with E-state index >= 15 is 0 Å². The summed E-state index contributed by atoms with van der Waals surface area (Å²) in [5.74, 6) is 0.900. The Morgan fingerprint density at radius 1 is 1.33 bits per heavy atom. The summed E-state index contributed by atoms with van der Waals surface area (Å²) < 4.78 is 5.80. The van der Waals surface area contributed by atoms with Crippen molar-refractivity contribution >= 4 is 0 Å². The highest BCUT2D eigenvalue weighted by Gasteiger charge is 2.52. The molecule has 5 atom stereocenters. The van der Waals surface area contributed by atoms with Gasteiger partial charge in [-0.25, -0.2) is 0 Å². The molecule has 2 fully saturated rings. The highest BCUT2D eigenvalue weighted by Crippen LogP contribution is 2.47. The molecule has 15 heavy (non-hydrogen) atoms. The van der Waals surface area contributed by atoms with Crippen LogP contribution in [0.4, 0.5) is 0 Å². The summed E-state index contributed by atoms with van der Waals surface area (Å²) in [7, 11) is 0. The Bertz CT molecular complexity index is 231. The van der Waals surface area contributed by atoms with Crippen LogP contribution in [0.25, 0.3) is 0 Å². The minimum atomic E-state index is 0.373. The van der Waals surface area contributed by atoms with Gasteiger partial charge < -0.3 is 10.1 Å². The lowest BCUT2D eigenvalue weighted by Crippen LogP contribution is -2.62. The molecule has 0 spiro atoms. The molecule has 0 amide bonds. The van der Waals surface area contributed by atoms with Crippen LogP contribution >= 0.6 is 0 Å². The van der Waals surface area contributed by atoms with E-state index < -0.39 is 0 Å². The summed E-state index contributed by atoms with van der Waals surface area (Å²) in [6, 6.07) is 1.48. The lowest BCUT2D eigenvalue weighted by atomic mass is 9.61. The summed E-state index contributed by atoms with van der Waals surface area (Å²) in [6.07, 6.45) is 4.28. The summed E-state index contributed by atoms with van der Waals surface area (Å²) in [5, 5.41) is 3.79. The van der Waals surface area contributed by atoms with Crippen LogP contribution in [0.3, 0.4) is 0 Å². The number of rotatable bonds is 5. The Morgan fingerprint density at radius 3 is 2.47 bits per heavy atom. The minimum absolute atomic E-state index is 0.373. The van der Waals surface area contributed by atoms with Crippen molar-refractivity contribution in [3.8, 4) is 0 Å². The van der Waals surface area contributed by atoms with E-state index in [9.17, 15) is 0 Å². The van der Waals surface area contributed by atoms with E-state index in [-0.39, 0.29) is 0 Å². The zero-order valence-electron chi connectivity index (χ0n) is 10.5. The Kier molecular flexibility index (Phi) is 3.09. The second-order valence-corrected chi connectivity index (χ2v) is 5.58. The third kappa shape index (κ3) is 1.94. The van der Waals surface area contributed by atoms with E-state index in [1.807, 2.05) is 0 Å². The lowest BCUT2D eigenvalue weighted by Gasteiger charge is -2.54. The molecule has 2 aliphatic rings. The van der Waals surface area contributed by atoms with Gasteiger partial charge in [0.25, 0.3) is 0 Å². The summed E-state index contributed by atoms with van der Waals surface area (Å²) in [5.41, 5.74) is 0.373. The minimum Gasteiger partial charge on any atom is -0.378 e. The summed E-state index contributed by atoms with van der Waals surface area (Å²) in [6.45, 7) is 9.95. The van der Waals surface area contributed by atoms with Crippen LogP contribution in [0, 0.1) is 11.3 Å². The summed E-state index contributed by atoms with van der Waals surface area (Å²) in [4.78, 5) is 0. The van der Waals surface area contributed by atoms with Crippen molar-refractivity contribution in [2.75, 3.05) is 6.61 Å². The molecule has 0 aromatic heterocycles. The first-order chi connectivity index (χ1) is 7.11. The monoisotopic (exact) mass is 211 g/mol. The third-order valence-electron chi connectivity index (χ3n) is 4.64. The average molecular weight is 211 g/mol. The molecule has 0 radical (unpaired) electrons. The largest absolute Gasteiger partial charge is 0.378 e. The molecule has 2 heteroatoms. The van der Waals surface area contributed by atoms with Crippen LogP contribution in [0.2, 0.25) is 0 Å². The van der Waals surface area contributed by atoms with E-state index in [1.165, 1.54) is 19.3 Å². The van der Waals surface area contributed by atoms with Crippen LogP contribution < -0.4 is 5.32 Å². The molecular formula is C13H25NO. The number of ether oxygens (including phenoxy) is 1. The number of hydrogen-bond donors (Lipinski definition) is 1.